The maximum Gasteiger partial charge on any atom is 0.298 e. The number of anilines is 1. The van der Waals surface area contributed by atoms with Crippen molar-refractivity contribution in [3.05, 3.63) is 22.7 Å². The Labute approximate surface area is 110 Å². The minimum atomic E-state index is -0.0293. The number of aryl methyl sites for hydroxylation is 1. The number of rotatable bonds is 5. The van der Waals surface area contributed by atoms with Crippen LogP contribution in [0, 0.1) is 6.92 Å². The van der Waals surface area contributed by atoms with Crippen molar-refractivity contribution < 1.29 is 14.6 Å². The molecule has 0 saturated carbocycles. The molecular weight excluding hydrogens is 256 g/mol. The number of hydrogen-bond acceptors (Lipinski definition) is 5. The van der Waals surface area contributed by atoms with Crippen molar-refractivity contribution in [1.29, 1.82) is 0 Å². The lowest BCUT2D eigenvalue weighted by Crippen LogP contribution is -2.29. The smallest absolute Gasteiger partial charge is 0.298 e. The van der Waals surface area contributed by atoms with Crippen LogP contribution in [0.1, 0.15) is 5.56 Å². The third-order valence-corrected chi connectivity index (χ3v) is 2.86. The molecule has 0 aliphatic heterocycles. The van der Waals surface area contributed by atoms with Crippen LogP contribution in [0.25, 0.3) is 11.1 Å². The Kier molecular flexibility index (Phi) is 4.06. The fraction of sp³-hybridized carbons (Fsp3) is 0.417. The SMILES string of the molecule is Cc1cc(Cl)cc2nc(N(CCO)CCO)oc12. The summed E-state index contributed by atoms with van der Waals surface area (Å²) >= 11 is 5.96. The van der Waals surface area contributed by atoms with Gasteiger partial charge in [-0.05, 0) is 24.6 Å². The summed E-state index contributed by atoms with van der Waals surface area (Å²) in [6, 6.07) is 3.92. The van der Waals surface area contributed by atoms with E-state index in [1.165, 1.54) is 0 Å². The number of nitrogens with zero attached hydrogens (tertiary/aromatic N) is 2. The molecule has 1 aromatic heterocycles. The predicted molar refractivity (Wildman–Crippen MR) is 70.1 cm³/mol. The molecule has 18 heavy (non-hydrogen) atoms. The van der Waals surface area contributed by atoms with E-state index in [-0.39, 0.29) is 13.2 Å². The van der Waals surface area contributed by atoms with Gasteiger partial charge in [0.15, 0.2) is 5.58 Å². The molecule has 1 aromatic carbocycles. The molecule has 2 rings (SSSR count). The predicted octanol–water partition coefficient (Wildman–Crippen LogP) is 1.58. The third-order valence-electron chi connectivity index (χ3n) is 2.64. The van der Waals surface area contributed by atoms with Gasteiger partial charge in [-0.25, -0.2) is 0 Å². The normalized spacial score (nSPS) is 11.1. The Morgan fingerprint density at radius 3 is 2.56 bits per heavy atom. The first kappa shape index (κ1) is 13.1. The number of aromatic nitrogens is 1. The summed E-state index contributed by atoms with van der Waals surface area (Å²) < 4.78 is 5.66. The van der Waals surface area contributed by atoms with Crippen LogP contribution >= 0.6 is 11.6 Å². The molecule has 5 nitrogen and oxygen atoms in total. The highest BCUT2D eigenvalue weighted by Crippen LogP contribution is 2.27. The molecule has 2 N–H and O–H groups in total. The molecule has 0 bridgehead atoms. The maximum absolute atomic E-state index is 8.98. The van der Waals surface area contributed by atoms with Crippen molar-refractivity contribution in [3.63, 3.8) is 0 Å². The maximum atomic E-state index is 8.98. The molecule has 6 heteroatoms. The zero-order valence-corrected chi connectivity index (χ0v) is 10.8. The quantitative estimate of drug-likeness (QED) is 0.863. The van der Waals surface area contributed by atoms with Crippen LogP contribution in [0.15, 0.2) is 16.5 Å². The van der Waals surface area contributed by atoms with E-state index < -0.39 is 0 Å². The van der Waals surface area contributed by atoms with Crippen molar-refractivity contribution >= 4 is 28.7 Å². The molecule has 0 spiro atoms. The topological polar surface area (TPSA) is 69.7 Å². The number of fused-ring (bicyclic) bond motifs is 1. The van der Waals surface area contributed by atoms with Crippen LogP contribution in [0.2, 0.25) is 5.02 Å². The van der Waals surface area contributed by atoms with Gasteiger partial charge in [0.2, 0.25) is 0 Å². The highest BCUT2D eigenvalue weighted by atomic mass is 35.5. The average molecular weight is 271 g/mol. The van der Waals surface area contributed by atoms with Crippen LogP contribution in [0.4, 0.5) is 6.01 Å². The molecule has 1 heterocycles. The Bertz CT molecular complexity index is 535. The van der Waals surface area contributed by atoms with Gasteiger partial charge < -0.3 is 19.5 Å². The number of oxazole rings is 1. The van der Waals surface area contributed by atoms with Crippen molar-refractivity contribution in [2.45, 2.75) is 6.92 Å². The van der Waals surface area contributed by atoms with E-state index in [9.17, 15) is 0 Å². The minimum Gasteiger partial charge on any atom is -0.423 e. The monoisotopic (exact) mass is 270 g/mol. The second-order valence-electron chi connectivity index (χ2n) is 4.00. The van der Waals surface area contributed by atoms with E-state index in [4.69, 9.17) is 26.2 Å². The average Bonchev–Trinajstić information content (AvgIpc) is 2.72. The summed E-state index contributed by atoms with van der Waals surface area (Å²) in [6.45, 7) is 2.56. The van der Waals surface area contributed by atoms with Gasteiger partial charge >= 0.3 is 0 Å². The third kappa shape index (κ3) is 2.58. The van der Waals surface area contributed by atoms with Crippen molar-refractivity contribution in [2.24, 2.45) is 0 Å². The first-order valence-corrected chi connectivity index (χ1v) is 6.07. The standard InChI is InChI=1S/C12H15ClN2O3/c1-8-6-9(13)7-10-11(8)18-12(14-10)15(2-4-16)3-5-17/h6-7,16-17H,2-5H2,1H3. The first-order chi connectivity index (χ1) is 8.65. The molecule has 0 amide bonds. The Hall–Kier alpha value is -1.30. The molecule has 2 aromatic rings. The van der Waals surface area contributed by atoms with E-state index in [0.29, 0.717) is 35.2 Å². The molecule has 0 atom stereocenters. The molecule has 0 unspecified atom stereocenters. The molecule has 0 radical (unpaired) electrons. The fourth-order valence-electron chi connectivity index (χ4n) is 1.82. The van der Waals surface area contributed by atoms with Gasteiger partial charge in [-0.1, -0.05) is 11.6 Å². The molecular formula is C12H15ClN2O3. The highest BCUT2D eigenvalue weighted by molar-refractivity contribution is 6.31. The Morgan fingerprint density at radius 2 is 1.94 bits per heavy atom. The van der Waals surface area contributed by atoms with Gasteiger partial charge in [0, 0.05) is 18.1 Å². The number of aliphatic hydroxyl groups excluding tert-OH is 2. The summed E-state index contributed by atoms with van der Waals surface area (Å²) in [6.07, 6.45) is 0. The van der Waals surface area contributed by atoms with Crippen LogP contribution in [0.3, 0.4) is 0 Å². The van der Waals surface area contributed by atoms with Crippen LogP contribution in [-0.2, 0) is 0 Å². The van der Waals surface area contributed by atoms with E-state index in [1.54, 1.807) is 17.0 Å². The molecule has 0 aliphatic carbocycles. The lowest BCUT2D eigenvalue weighted by molar-refractivity contribution is 0.277. The Balaban J connectivity index is 2.41. The van der Waals surface area contributed by atoms with Crippen molar-refractivity contribution in [3.8, 4) is 0 Å². The van der Waals surface area contributed by atoms with Gasteiger partial charge in [0.1, 0.15) is 5.52 Å². The number of benzene rings is 1. The summed E-state index contributed by atoms with van der Waals surface area (Å²) in [4.78, 5) is 6.01. The highest BCUT2D eigenvalue weighted by Gasteiger charge is 2.15. The second-order valence-corrected chi connectivity index (χ2v) is 4.44. The summed E-state index contributed by atoms with van der Waals surface area (Å²) in [5.41, 5.74) is 2.26. The van der Waals surface area contributed by atoms with E-state index in [1.807, 2.05) is 6.92 Å². The summed E-state index contributed by atoms with van der Waals surface area (Å²) in [5, 5.41) is 18.6. The lowest BCUT2D eigenvalue weighted by atomic mass is 10.2. The van der Waals surface area contributed by atoms with E-state index >= 15 is 0 Å². The van der Waals surface area contributed by atoms with Gasteiger partial charge in [0.05, 0.1) is 13.2 Å². The molecule has 0 saturated heterocycles. The van der Waals surface area contributed by atoms with E-state index in [2.05, 4.69) is 4.98 Å². The zero-order valence-electron chi connectivity index (χ0n) is 10.1. The van der Waals surface area contributed by atoms with Crippen LogP contribution < -0.4 is 4.90 Å². The van der Waals surface area contributed by atoms with Gasteiger partial charge in [-0.3, -0.25) is 0 Å². The fourth-order valence-corrected chi connectivity index (χ4v) is 2.09. The number of hydrogen-bond donors (Lipinski definition) is 2. The number of halogens is 1. The lowest BCUT2D eigenvalue weighted by Gasteiger charge is -2.17. The van der Waals surface area contributed by atoms with Gasteiger partial charge in [-0.2, -0.15) is 4.98 Å². The molecule has 98 valence electrons. The van der Waals surface area contributed by atoms with E-state index in [0.717, 1.165) is 5.56 Å². The Morgan fingerprint density at radius 1 is 1.28 bits per heavy atom. The number of aliphatic hydroxyl groups is 2. The first-order valence-electron chi connectivity index (χ1n) is 5.69. The largest absolute Gasteiger partial charge is 0.423 e. The van der Waals surface area contributed by atoms with Crippen molar-refractivity contribution in [1.82, 2.24) is 4.98 Å². The minimum absolute atomic E-state index is 0.0293. The van der Waals surface area contributed by atoms with Crippen LogP contribution in [-0.4, -0.2) is 41.5 Å². The summed E-state index contributed by atoms with van der Waals surface area (Å²) in [7, 11) is 0. The van der Waals surface area contributed by atoms with Crippen LogP contribution in [0.5, 0.6) is 0 Å². The van der Waals surface area contributed by atoms with Crippen molar-refractivity contribution in [2.75, 3.05) is 31.2 Å². The molecule has 0 aliphatic rings. The van der Waals surface area contributed by atoms with Gasteiger partial charge in [-0.15, -0.1) is 0 Å². The molecule has 0 fully saturated rings. The second kappa shape index (κ2) is 5.56. The summed E-state index contributed by atoms with van der Waals surface area (Å²) in [5.74, 6) is 0. The zero-order chi connectivity index (χ0) is 13.1. The van der Waals surface area contributed by atoms with Gasteiger partial charge in [0.25, 0.3) is 6.01 Å².